The number of benzene rings is 1. The first-order valence-electron chi connectivity index (χ1n) is 10.9. The second-order valence-corrected chi connectivity index (χ2v) is 9.70. The molecular weight excluding hydrogens is 410 g/mol. The molecule has 4 rings (SSSR count). The molecule has 0 saturated heterocycles. The van der Waals surface area contributed by atoms with Crippen LogP contribution < -0.4 is 20.3 Å². The summed E-state index contributed by atoms with van der Waals surface area (Å²) in [6.07, 6.45) is 5.59. The number of hydrogen-bond donors (Lipinski definition) is 1. The number of aryl methyl sites for hydroxylation is 1. The molecule has 6 nitrogen and oxygen atoms in total. The van der Waals surface area contributed by atoms with Crippen molar-refractivity contribution in [2.45, 2.75) is 52.1 Å². The van der Waals surface area contributed by atoms with Crippen LogP contribution in [0.2, 0.25) is 0 Å². The highest BCUT2D eigenvalue weighted by molar-refractivity contribution is 7.18. The number of thiophene rings is 1. The third-order valence-electron chi connectivity index (χ3n) is 5.89. The fourth-order valence-electron chi connectivity index (χ4n) is 4.36. The number of nitrogens with zero attached hydrogens (tertiary/aromatic N) is 2. The molecule has 0 fully saturated rings. The van der Waals surface area contributed by atoms with E-state index in [1.807, 2.05) is 12.1 Å². The van der Waals surface area contributed by atoms with Crippen molar-refractivity contribution < 1.29 is 9.47 Å². The molecule has 1 aliphatic carbocycles. The summed E-state index contributed by atoms with van der Waals surface area (Å²) < 4.78 is 12.5. The Hall–Kier alpha value is -2.38. The van der Waals surface area contributed by atoms with E-state index >= 15 is 0 Å². The van der Waals surface area contributed by atoms with E-state index in [1.54, 1.807) is 36.5 Å². The SMILES string of the molecule is COc1ccc(CCNC2CCc3c(sc4ncn(CC(C)C)c(=O)c34)C2)cc1OC. The number of nitrogens with one attached hydrogen (secondary N) is 1. The van der Waals surface area contributed by atoms with Crippen LogP contribution in [0, 0.1) is 5.92 Å². The minimum absolute atomic E-state index is 0.121. The molecule has 166 valence electrons. The van der Waals surface area contributed by atoms with Crippen molar-refractivity contribution >= 4 is 21.6 Å². The van der Waals surface area contributed by atoms with Gasteiger partial charge in [0.25, 0.3) is 5.56 Å². The van der Waals surface area contributed by atoms with Crippen molar-refractivity contribution in [3.8, 4) is 11.5 Å². The van der Waals surface area contributed by atoms with Gasteiger partial charge < -0.3 is 14.8 Å². The van der Waals surface area contributed by atoms with Crippen LogP contribution in [0.5, 0.6) is 11.5 Å². The molecule has 1 N–H and O–H groups in total. The largest absolute Gasteiger partial charge is 0.493 e. The van der Waals surface area contributed by atoms with Crippen LogP contribution in [-0.4, -0.2) is 36.4 Å². The Labute approximate surface area is 187 Å². The minimum atomic E-state index is 0.121. The van der Waals surface area contributed by atoms with Crippen molar-refractivity contribution in [1.29, 1.82) is 0 Å². The Morgan fingerprint density at radius 3 is 2.81 bits per heavy atom. The summed E-state index contributed by atoms with van der Waals surface area (Å²) in [6, 6.07) is 6.51. The lowest BCUT2D eigenvalue weighted by Gasteiger charge is -2.23. The third-order valence-corrected chi connectivity index (χ3v) is 7.05. The predicted octanol–water partition coefficient (Wildman–Crippen LogP) is 3.82. The molecule has 0 bridgehead atoms. The Kier molecular flexibility index (Phi) is 6.62. The molecule has 0 saturated carbocycles. The third kappa shape index (κ3) is 4.62. The lowest BCUT2D eigenvalue weighted by molar-refractivity contribution is 0.354. The van der Waals surface area contributed by atoms with Gasteiger partial charge in [-0.2, -0.15) is 0 Å². The number of fused-ring (bicyclic) bond motifs is 3. The van der Waals surface area contributed by atoms with Gasteiger partial charge in [-0.1, -0.05) is 19.9 Å². The first-order chi connectivity index (χ1) is 15.0. The van der Waals surface area contributed by atoms with Gasteiger partial charge in [0.15, 0.2) is 11.5 Å². The summed E-state index contributed by atoms with van der Waals surface area (Å²) in [6.45, 7) is 5.86. The summed E-state index contributed by atoms with van der Waals surface area (Å²) in [5.74, 6) is 1.94. The van der Waals surface area contributed by atoms with Gasteiger partial charge in [-0.05, 0) is 61.4 Å². The van der Waals surface area contributed by atoms with Crippen LogP contribution in [0.4, 0.5) is 0 Å². The maximum Gasteiger partial charge on any atom is 0.262 e. The van der Waals surface area contributed by atoms with E-state index in [1.165, 1.54) is 16.0 Å². The highest BCUT2D eigenvalue weighted by atomic mass is 32.1. The highest BCUT2D eigenvalue weighted by Gasteiger charge is 2.25. The topological polar surface area (TPSA) is 65.4 Å². The Bertz CT molecular complexity index is 1120. The van der Waals surface area contributed by atoms with E-state index in [9.17, 15) is 4.79 Å². The summed E-state index contributed by atoms with van der Waals surface area (Å²) in [7, 11) is 3.32. The lowest BCUT2D eigenvalue weighted by atomic mass is 9.93. The van der Waals surface area contributed by atoms with Gasteiger partial charge in [-0.15, -0.1) is 11.3 Å². The molecule has 2 aromatic heterocycles. The zero-order valence-electron chi connectivity index (χ0n) is 18.7. The zero-order valence-corrected chi connectivity index (χ0v) is 19.6. The summed E-state index contributed by atoms with van der Waals surface area (Å²) >= 11 is 1.69. The smallest absolute Gasteiger partial charge is 0.262 e. The van der Waals surface area contributed by atoms with Gasteiger partial charge in [0.1, 0.15) is 4.83 Å². The Morgan fingerprint density at radius 1 is 1.26 bits per heavy atom. The van der Waals surface area contributed by atoms with Crippen molar-refractivity contribution in [2.75, 3.05) is 20.8 Å². The molecule has 1 unspecified atom stereocenters. The first kappa shape index (κ1) is 21.8. The molecular formula is C24H31N3O3S. The van der Waals surface area contributed by atoms with E-state index in [-0.39, 0.29) is 5.56 Å². The number of rotatable bonds is 8. The molecule has 0 radical (unpaired) electrons. The van der Waals surface area contributed by atoms with Crippen LogP contribution in [0.1, 0.15) is 36.3 Å². The normalized spacial score (nSPS) is 16.0. The Morgan fingerprint density at radius 2 is 2.06 bits per heavy atom. The van der Waals surface area contributed by atoms with E-state index in [0.29, 0.717) is 18.5 Å². The van der Waals surface area contributed by atoms with Crippen molar-refractivity contribution in [3.05, 3.63) is 50.9 Å². The first-order valence-corrected chi connectivity index (χ1v) is 11.8. The molecule has 1 aliphatic rings. The van der Waals surface area contributed by atoms with Crippen LogP contribution in [-0.2, 0) is 25.8 Å². The van der Waals surface area contributed by atoms with Crippen LogP contribution in [0.15, 0.2) is 29.3 Å². The monoisotopic (exact) mass is 441 g/mol. The molecule has 2 heterocycles. The predicted molar refractivity (Wildman–Crippen MR) is 126 cm³/mol. The van der Waals surface area contributed by atoms with Crippen LogP contribution in [0.25, 0.3) is 10.2 Å². The summed E-state index contributed by atoms with van der Waals surface area (Å²) in [5.41, 5.74) is 2.57. The average Bonchev–Trinajstić information content (AvgIpc) is 3.13. The van der Waals surface area contributed by atoms with Crippen molar-refractivity contribution in [2.24, 2.45) is 5.92 Å². The average molecular weight is 442 g/mol. The number of aromatic nitrogens is 2. The van der Waals surface area contributed by atoms with E-state index < -0.39 is 0 Å². The molecule has 1 atom stereocenters. The minimum Gasteiger partial charge on any atom is -0.493 e. The van der Waals surface area contributed by atoms with E-state index in [4.69, 9.17) is 9.47 Å². The number of methoxy groups -OCH3 is 2. The fourth-order valence-corrected chi connectivity index (χ4v) is 5.61. The maximum absolute atomic E-state index is 13.0. The molecule has 0 aliphatic heterocycles. The maximum atomic E-state index is 13.0. The second kappa shape index (κ2) is 9.40. The number of ether oxygens (including phenoxy) is 2. The molecule has 1 aromatic carbocycles. The quantitative estimate of drug-likeness (QED) is 0.576. The van der Waals surface area contributed by atoms with Gasteiger partial charge in [0.05, 0.1) is 25.9 Å². The highest BCUT2D eigenvalue weighted by Crippen LogP contribution is 2.34. The standard InChI is InChI=1S/C24H31N3O3S/c1-15(2)13-27-14-26-23-22(24(27)28)18-7-6-17(12-21(18)31-23)25-10-9-16-5-8-19(29-3)20(11-16)30-4/h5,8,11,14-15,17,25H,6-7,9-10,12-13H2,1-4H3. The van der Waals surface area contributed by atoms with Gasteiger partial charge in [-0.25, -0.2) is 4.98 Å². The van der Waals surface area contributed by atoms with Crippen molar-refractivity contribution in [1.82, 2.24) is 14.9 Å². The molecule has 0 amide bonds. The summed E-state index contributed by atoms with van der Waals surface area (Å²) in [5, 5.41) is 4.56. The fraction of sp³-hybridized carbons (Fsp3) is 0.500. The molecule has 3 aromatic rings. The van der Waals surface area contributed by atoms with Gasteiger partial charge in [-0.3, -0.25) is 9.36 Å². The van der Waals surface area contributed by atoms with Gasteiger partial charge >= 0.3 is 0 Å². The summed E-state index contributed by atoms with van der Waals surface area (Å²) in [4.78, 5) is 19.8. The number of hydrogen-bond acceptors (Lipinski definition) is 6. The van der Waals surface area contributed by atoms with Crippen LogP contribution >= 0.6 is 11.3 Å². The molecule has 31 heavy (non-hydrogen) atoms. The van der Waals surface area contributed by atoms with Gasteiger partial charge in [0.2, 0.25) is 0 Å². The van der Waals surface area contributed by atoms with Crippen LogP contribution in [0.3, 0.4) is 0 Å². The second-order valence-electron chi connectivity index (χ2n) is 8.61. The molecule has 0 spiro atoms. The van der Waals surface area contributed by atoms with Gasteiger partial charge in [0, 0.05) is 17.5 Å². The lowest BCUT2D eigenvalue weighted by Crippen LogP contribution is -2.35. The zero-order chi connectivity index (χ0) is 22.0. The van der Waals surface area contributed by atoms with E-state index in [0.717, 1.165) is 53.9 Å². The van der Waals surface area contributed by atoms with E-state index in [2.05, 4.69) is 30.2 Å². The molecule has 7 heteroatoms. The van der Waals surface area contributed by atoms with Crippen molar-refractivity contribution in [3.63, 3.8) is 0 Å². The Balaban J connectivity index is 1.42.